The van der Waals surface area contributed by atoms with Crippen LogP contribution in [0.5, 0.6) is 0 Å². The van der Waals surface area contributed by atoms with Gasteiger partial charge in [-0.05, 0) is 31.4 Å². The van der Waals surface area contributed by atoms with Gasteiger partial charge in [0, 0.05) is 37.6 Å². The van der Waals surface area contributed by atoms with Crippen molar-refractivity contribution in [3.63, 3.8) is 0 Å². The monoisotopic (exact) mass is 277 g/mol. The number of nitrogens with one attached hydrogen (secondary N) is 1. The molecule has 0 unspecified atom stereocenters. The molecule has 0 aliphatic heterocycles. The number of aromatic nitrogens is 1. The number of nitrogens with zero attached hydrogens (tertiary/aromatic N) is 2. The van der Waals surface area contributed by atoms with E-state index in [4.69, 9.17) is 0 Å². The van der Waals surface area contributed by atoms with E-state index in [1.165, 1.54) is 25.7 Å². The first-order valence-corrected chi connectivity index (χ1v) is 7.87. The summed E-state index contributed by atoms with van der Waals surface area (Å²) < 4.78 is 0. The molecule has 1 aliphatic carbocycles. The number of aliphatic hydroxyl groups excluding tert-OH is 1. The summed E-state index contributed by atoms with van der Waals surface area (Å²) in [6, 6.07) is 4.77. The van der Waals surface area contributed by atoms with Crippen LogP contribution >= 0.6 is 0 Å². The second kappa shape index (κ2) is 8.22. The number of pyridine rings is 1. The number of hydrogen-bond acceptors (Lipinski definition) is 4. The fourth-order valence-electron chi connectivity index (χ4n) is 2.94. The highest BCUT2D eigenvalue weighted by atomic mass is 16.3. The van der Waals surface area contributed by atoms with Crippen molar-refractivity contribution in [1.82, 2.24) is 9.88 Å². The van der Waals surface area contributed by atoms with Gasteiger partial charge in [0.2, 0.25) is 0 Å². The average Bonchev–Trinajstić information content (AvgIpc) is 2.99. The van der Waals surface area contributed by atoms with Crippen molar-refractivity contribution >= 4 is 5.69 Å². The Morgan fingerprint density at radius 1 is 1.40 bits per heavy atom. The maximum absolute atomic E-state index is 9.27. The van der Waals surface area contributed by atoms with Crippen molar-refractivity contribution < 1.29 is 5.11 Å². The molecule has 1 heterocycles. The zero-order valence-electron chi connectivity index (χ0n) is 12.5. The van der Waals surface area contributed by atoms with Crippen LogP contribution in [0.25, 0.3) is 0 Å². The van der Waals surface area contributed by atoms with Gasteiger partial charge < -0.3 is 10.4 Å². The molecular formula is C16H27N3O. The van der Waals surface area contributed by atoms with Gasteiger partial charge in [0.05, 0.1) is 12.3 Å². The van der Waals surface area contributed by atoms with Gasteiger partial charge in [-0.2, -0.15) is 0 Å². The normalized spacial score (nSPS) is 15.9. The Balaban J connectivity index is 1.98. The summed E-state index contributed by atoms with van der Waals surface area (Å²) >= 11 is 0. The highest BCUT2D eigenvalue weighted by molar-refractivity contribution is 5.43. The first-order chi connectivity index (χ1) is 9.83. The maximum Gasteiger partial charge on any atom is 0.0564 e. The molecular weight excluding hydrogens is 250 g/mol. The van der Waals surface area contributed by atoms with Crippen molar-refractivity contribution in [2.75, 3.05) is 25.0 Å². The van der Waals surface area contributed by atoms with Crippen LogP contribution in [0.4, 0.5) is 5.69 Å². The van der Waals surface area contributed by atoms with Gasteiger partial charge in [-0.3, -0.25) is 9.88 Å². The summed E-state index contributed by atoms with van der Waals surface area (Å²) in [6.45, 7) is 4.97. The van der Waals surface area contributed by atoms with E-state index < -0.39 is 0 Å². The van der Waals surface area contributed by atoms with E-state index in [1.54, 1.807) is 0 Å². The molecule has 1 fully saturated rings. The van der Waals surface area contributed by atoms with E-state index in [2.05, 4.69) is 28.2 Å². The van der Waals surface area contributed by atoms with Crippen LogP contribution in [0.2, 0.25) is 0 Å². The van der Waals surface area contributed by atoms with Gasteiger partial charge in [-0.25, -0.2) is 0 Å². The first-order valence-electron chi connectivity index (χ1n) is 7.87. The Bertz CT molecular complexity index is 391. The fraction of sp³-hybridized carbons (Fsp3) is 0.688. The predicted molar refractivity (Wildman–Crippen MR) is 82.8 cm³/mol. The van der Waals surface area contributed by atoms with Gasteiger partial charge >= 0.3 is 0 Å². The van der Waals surface area contributed by atoms with Crippen LogP contribution in [0.3, 0.4) is 0 Å². The zero-order valence-corrected chi connectivity index (χ0v) is 12.5. The molecule has 2 N–H and O–H groups in total. The maximum atomic E-state index is 9.27. The van der Waals surface area contributed by atoms with Gasteiger partial charge in [-0.15, -0.1) is 0 Å². The lowest BCUT2D eigenvalue weighted by molar-refractivity contribution is 0.143. The molecule has 0 spiro atoms. The van der Waals surface area contributed by atoms with Crippen LogP contribution in [0.1, 0.15) is 44.7 Å². The van der Waals surface area contributed by atoms with Crippen LogP contribution < -0.4 is 5.32 Å². The van der Waals surface area contributed by atoms with Gasteiger partial charge in [-0.1, -0.05) is 19.8 Å². The molecule has 4 heteroatoms. The summed E-state index contributed by atoms with van der Waals surface area (Å²) in [5.41, 5.74) is 2.23. The van der Waals surface area contributed by atoms with Gasteiger partial charge in [0.1, 0.15) is 0 Å². The summed E-state index contributed by atoms with van der Waals surface area (Å²) in [7, 11) is 0. The highest BCUT2D eigenvalue weighted by Crippen LogP contribution is 2.24. The zero-order chi connectivity index (χ0) is 14.2. The van der Waals surface area contributed by atoms with E-state index >= 15 is 0 Å². The predicted octanol–water partition coefficient (Wildman–Crippen LogP) is 2.64. The van der Waals surface area contributed by atoms with Gasteiger partial charge in [0.15, 0.2) is 0 Å². The molecule has 1 aromatic heterocycles. The molecule has 0 atom stereocenters. The van der Waals surface area contributed by atoms with Crippen molar-refractivity contribution in [2.45, 2.75) is 51.6 Å². The van der Waals surface area contributed by atoms with Crippen molar-refractivity contribution in [3.05, 3.63) is 24.0 Å². The van der Waals surface area contributed by atoms with Crippen molar-refractivity contribution in [2.24, 2.45) is 0 Å². The second-order valence-corrected chi connectivity index (χ2v) is 5.59. The molecule has 1 saturated carbocycles. The molecule has 0 radical (unpaired) electrons. The van der Waals surface area contributed by atoms with E-state index in [9.17, 15) is 5.11 Å². The first kappa shape index (κ1) is 15.3. The molecule has 0 saturated heterocycles. The quantitative estimate of drug-likeness (QED) is 0.767. The summed E-state index contributed by atoms with van der Waals surface area (Å²) in [4.78, 5) is 6.87. The van der Waals surface area contributed by atoms with Crippen molar-refractivity contribution in [1.29, 1.82) is 0 Å². The van der Waals surface area contributed by atoms with E-state index in [0.717, 1.165) is 37.4 Å². The topological polar surface area (TPSA) is 48.4 Å². The minimum Gasteiger partial charge on any atom is -0.395 e. The minimum atomic E-state index is 0.226. The molecule has 1 aromatic rings. The molecule has 112 valence electrons. The third-order valence-corrected chi connectivity index (χ3v) is 3.99. The largest absolute Gasteiger partial charge is 0.395 e. The van der Waals surface area contributed by atoms with E-state index in [-0.39, 0.29) is 6.61 Å². The SMILES string of the molecule is CCCNc1ccnc(CN(CCO)C2CCCC2)c1. The molecule has 2 rings (SSSR count). The Morgan fingerprint density at radius 3 is 2.90 bits per heavy atom. The third kappa shape index (κ3) is 4.46. The van der Waals surface area contributed by atoms with E-state index in [0.29, 0.717) is 6.04 Å². The molecule has 4 nitrogen and oxygen atoms in total. The molecule has 0 aromatic carbocycles. The van der Waals surface area contributed by atoms with Crippen LogP contribution in [-0.2, 0) is 6.54 Å². The number of rotatable bonds is 8. The molecule has 0 amide bonds. The summed E-state index contributed by atoms with van der Waals surface area (Å²) in [5, 5.41) is 12.7. The second-order valence-electron chi connectivity index (χ2n) is 5.59. The summed E-state index contributed by atoms with van der Waals surface area (Å²) in [6.07, 6.45) is 8.15. The smallest absolute Gasteiger partial charge is 0.0564 e. The van der Waals surface area contributed by atoms with E-state index in [1.807, 2.05) is 12.3 Å². The lowest BCUT2D eigenvalue weighted by Crippen LogP contribution is -2.35. The average molecular weight is 277 g/mol. The van der Waals surface area contributed by atoms with Crippen LogP contribution in [0.15, 0.2) is 18.3 Å². The lowest BCUT2D eigenvalue weighted by Gasteiger charge is -2.27. The summed E-state index contributed by atoms with van der Waals surface area (Å²) in [5.74, 6) is 0. The number of aliphatic hydroxyl groups is 1. The Morgan fingerprint density at radius 2 is 2.20 bits per heavy atom. The number of anilines is 1. The lowest BCUT2D eigenvalue weighted by atomic mass is 10.2. The fourth-order valence-corrected chi connectivity index (χ4v) is 2.94. The van der Waals surface area contributed by atoms with Crippen LogP contribution in [-0.4, -0.2) is 40.7 Å². The third-order valence-electron chi connectivity index (χ3n) is 3.99. The molecule has 20 heavy (non-hydrogen) atoms. The Labute approximate surface area is 122 Å². The Kier molecular flexibility index (Phi) is 6.27. The number of hydrogen-bond donors (Lipinski definition) is 2. The van der Waals surface area contributed by atoms with Gasteiger partial charge in [0.25, 0.3) is 0 Å². The molecule has 0 bridgehead atoms. The Hall–Kier alpha value is -1.13. The minimum absolute atomic E-state index is 0.226. The highest BCUT2D eigenvalue weighted by Gasteiger charge is 2.22. The van der Waals surface area contributed by atoms with Crippen LogP contribution in [0, 0.1) is 0 Å². The molecule has 1 aliphatic rings. The van der Waals surface area contributed by atoms with Crippen molar-refractivity contribution in [3.8, 4) is 0 Å². The standard InChI is InChI=1S/C16H27N3O/c1-2-8-17-14-7-9-18-15(12-14)13-19(10-11-20)16-5-3-4-6-16/h7,9,12,16,20H,2-6,8,10-11,13H2,1H3,(H,17,18).